The molecule has 0 saturated carbocycles. The van der Waals surface area contributed by atoms with Crippen LogP contribution in [0.25, 0.3) is 5.65 Å². The van der Waals surface area contributed by atoms with Crippen LogP contribution in [0.15, 0.2) is 53.6 Å². The van der Waals surface area contributed by atoms with Crippen LogP contribution in [0.1, 0.15) is 21.5 Å². The van der Waals surface area contributed by atoms with Crippen molar-refractivity contribution in [1.82, 2.24) is 14.7 Å². The lowest BCUT2D eigenvalue weighted by Gasteiger charge is -2.07. The normalized spacial score (nSPS) is 10.7. The van der Waals surface area contributed by atoms with Gasteiger partial charge < -0.3 is 5.32 Å². The quantitative estimate of drug-likeness (QED) is 0.805. The summed E-state index contributed by atoms with van der Waals surface area (Å²) < 4.78 is 14.2. The fourth-order valence-corrected chi connectivity index (χ4v) is 2.28. The zero-order valence-corrected chi connectivity index (χ0v) is 12.4. The molecule has 0 spiro atoms. The Labute approximate surface area is 131 Å². The van der Waals surface area contributed by atoms with Crippen LogP contribution in [0, 0.1) is 12.7 Å². The topological polar surface area (TPSA) is 63.5 Å². The third-order valence-electron chi connectivity index (χ3n) is 3.54. The molecule has 0 unspecified atom stereocenters. The molecule has 0 aliphatic carbocycles. The first-order chi connectivity index (χ1) is 11.1. The van der Waals surface area contributed by atoms with E-state index in [9.17, 15) is 14.0 Å². The minimum atomic E-state index is -0.511. The fourth-order valence-electron chi connectivity index (χ4n) is 2.28. The zero-order chi connectivity index (χ0) is 16.4. The number of aryl methyl sites for hydroxylation is 1. The molecule has 5 nitrogen and oxygen atoms in total. The van der Waals surface area contributed by atoms with Gasteiger partial charge in [-0.05, 0) is 36.2 Å². The van der Waals surface area contributed by atoms with E-state index >= 15 is 0 Å². The van der Waals surface area contributed by atoms with Crippen molar-refractivity contribution >= 4 is 11.6 Å². The first-order valence-electron chi connectivity index (χ1n) is 7.06. The molecule has 2 aromatic heterocycles. The molecule has 0 fully saturated rings. The molecular weight excluding hydrogens is 297 g/mol. The molecule has 3 rings (SSSR count). The molecule has 2 heterocycles. The van der Waals surface area contributed by atoms with Crippen molar-refractivity contribution in [1.29, 1.82) is 0 Å². The van der Waals surface area contributed by atoms with Crippen LogP contribution in [-0.2, 0) is 6.54 Å². The van der Waals surface area contributed by atoms with Crippen molar-refractivity contribution < 1.29 is 9.18 Å². The highest BCUT2D eigenvalue weighted by molar-refractivity contribution is 5.93. The maximum Gasteiger partial charge on any atom is 0.270 e. The average Bonchev–Trinajstić information content (AvgIpc) is 2.55. The predicted octanol–water partition coefficient (Wildman–Crippen LogP) is 2.07. The lowest BCUT2D eigenvalue weighted by molar-refractivity contribution is 0.0949. The summed E-state index contributed by atoms with van der Waals surface area (Å²) in [7, 11) is 0. The molecule has 23 heavy (non-hydrogen) atoms. The Hall–Kier alpha value is -3.02. The first kappa shape index (κ1) is 14.9. The SMILES string of the molecule is Cc1cccn2c(=O)c(C(=O)NCc3ccc(F)cc3)cnc12. The van der Waals surface area contributed by atoms with Crippen LogP contribution in [0.4, 0.5) is 4.39 Å². The number of rotatable bonds is 3. The van der Waals surface area contributed by atoms with Gasteiger partial charge in [-0.25, -0.2) is 9.37 Å². The maximum atomic E-state index is 12.8. The third-order valence-corrected chi connectivity index (χ3v) is 3.54. The Bertz CT molecular complexity index is 933. The van der Waals surface area contributed by atoms with Gasteiger partial charge in [0, 0.05) is 18.9 Å². The second-order valence-electron chi connectivity index (χ2n) is 5.17. The Morgan fingerprint density at radius 1 is 1.26 bits per heavy atom. The second-order valence-corrected chi connectivity index (χ2v) is 5.17. The van der Waals surface area contributed by atoms with Gasteiger partial charge in [0.05, 0.1) is 0 Å². The van der Waals surface area contributed by atoms with E-state index in [0.717, 1.165) is 11.1 Å². The van der Waals surface area contributed by atoms with Gasteiger partial charge in [-0.1, -0.05) is 18.2 Å². The highest BCUT2D eigenvalue weighted by Crippen LogP contribution is 2.05. The van der Waals surface area contributed by atoms with Gasteiger partial charge in [0.15, 0.2) is 0 Å². The number of benzene rings is 1. The van der Waals surface area contributed by atoms with E-state index in [2.05, 4.69) is 10.3 Å². The summed E-state index contributed by atoms with van der Waals surface area (Å²) in [6.07, 6.45) is 2.86. The molecule has 0 radical (unpaired) electrons. The van der Waals surface area contributed by atoms with Crippen LogP contribution in [0.5, 0.6) is 0 Å². The first-order valence-corrected chi connectivity index (χ1v) is 7.06. The molecule has 1 amide bonds. The van der Waals surface area contributed by atoms with Crippen molar-refractivity contribution in [2.45, 2.75) is 13.5 Å². The molecule has 1 N–H and O–H groups in total. The van der Waals surface area contributed by atoms with Gasteiger partial charge in [0.2, 0.25) is 0 Å². The highest BCUT2D eigenvalue weighted by Gasteiger charge is 2.13. The van der Waals surface area contributed by atoms with E-state index in [-0.39, 0.29) is 17.9 Å². The van der Waals surface area contributed by atoms with Crippen molar-refractivity contribution in [3.8, 4) is 0 Å². The van der Waals surface area contributed by atoms with E-state index in [0.29, 0.717) is 5.65 Å². The van der Waals surface area contributed by atoms with E-state index in [1.165, 1.54) is 22.7 Å². The standard InChI is InChI=1S/C17H14FN3O2/c1-11-3-2-8-21-15(11)19-10-14(17(21)23)16(22)20-9-12-4-6-13(18)7-5-12/h2-8,10H,9H2,1H3,(H,20,22). The van der Waals surface area contributed by atoms with Crippen LogP contribution < -0.4 is 10.9 Å². The average molecular weight is 311 g/mol. The van der Waals surface area contributed by atoms with Crippen LogP contribution in [-0.4, -0.2) is 15.3 Å². The van der Waals surface area contributed by atoms with Crippen molar-refractivity contribution in [2.24, 2.45) is 0 Å². The lowest BCUT2D eigenvalue weighted by Crippen LogP contribution is -2.31. The number of amides is 1. The molecule has 0 saturated heterocycles. The molecule has 0 aliphatic heterocycles. The molecule has 0 aliphatic rings. The fraction of sp³-hybridized carbons (Fsp3) is 0.118. The summed E-state index contributed by atoms with van der Waals surface area (Å²) in [6.45, 7) is 2.05. The number of hydrogen-bond donors (Lipinski definition) is 1. The minimum absolute atomic E-state index is 0.0322. The number of nitrogens with zero attached hydrogens (tertiary/aromatic N) is 2. The summed E-state index contributed by atoms with van der Waals surface area (Å²) in [6, 6.07) is 9.35. The molecule has 1 aromatic carbocycles. The molecule has 6 heteroatoms. The monoisotopic (exact) mass is 311 g/mol. The van der Waals surface area contributed by atoms with Crippen molar-refractivity contribution in [3.05, 3.63) is 81.7 Å². The van der Waals surface area contributed by atoms with E-state index in [1.807, 2.05) is 13.0 Å². The molecule has 0 atom stereocenters. The Morgan fingerprint density at radius 3 is 2.74 bits per heavy atom. The van der Waals surface area contributed by atoms with E-state index < -0.39 is 11.5 Å². The minimum Gasteiger partial charge on any atom is -0.348 e. The number of pyridine rings is 1. The number of carbonyl (C=O) groups excluding carboxylic acids is 1. The highest BCUT2D eigenvalue weighted by atomic mass is 19.1. The van der Waals surface area contributed by atoms with Gasteiger partial charge in [0.25, 0.3) is 11.5 Å². The smallest absolute Gasteiger partial charge is 0.270 e. The van der Waals surface area contributed by atoms with Crippen LogP contribution in [0.2, 0.25) is 0 Å². The molecule has 116 valence electrons. The van der Waals surface area contributed by atoms with Gasteiger partial charge in [-0.2, -0.15) is 0 Å². The van der Waals surface area contributed by atoms with Crippen LogP contribution in [0.3, 0.4) is 0 Å². The maximum absolute atomic E-state index is 12.8. The summed E-state index contributed by atoms with van der Waals surface area (Å²) in [5, 5.41) is 2.64. The Kier molecular flexibility index (Phi) is 3.89. The number of nitrogens with one attached hydrogen (secondary N) is 1. The van der Waals surface area contributed by atoms with Gasteiger partial charge >= 0.3 is 0 Å². The summed E-state index contributed by atoms with van der Waals surface area (Å²) in [5.74, 6) is -0.852. The third kappa shape index (κ3) is 2.96. The lowest BCUT2D eigenvalue weighted by atomic mass is 10.2. The number of halogens is 1. The van der Waals surface area contributed by atoms with Crippen LogP contribution >= 0.6 is 0 Å². The predicted molar refractivity (Wildman–Crippen MR) is 83.8 cm³/mol. The van der Waals surface area contributed by atoms with Crippen molar-refractivity contribution in [2.75, 3.05) is 0 Å². The van der Waals surface area contributed by atoms with Gasteiger partial charge in [-0.3, -0.25) is 14.0 Å². The largest absolute Gasteiger partial charge is 0.348 e. The van der Waals surface area contributed by atoms with E-state index in [1.54, 1.807) is 24.4 Å². The summed E-state index contributed by atoms with van der Waals surface area (Å²) >= 11 is 0. The Morgan fingerprint density at radius 2 is 2.00 bits per heavy atom. The van der Waals surface area contributed by atoms with Gasteiger partial charge in [-0.15, -0.1) is 0 Å². The Balaban J connectivity index is 1.85. The van der Waals surface area contributed by atoms with E-state index in [4.69, 9.17) is 0 Å². The van der Waals surface area contributed by atoms with Crippen molar-refractivity contribution in [3.63, 3.8) is 0 Å². The van der Waals surface area contributed by atoms with Gasteiger partial charge in [0.1, 0.15) is 17.0 Å². The molecule has 3 aromatic rings. The molecule has 0 bridgehead atoms. The number of hydrogen-bond acceptors (Lipinski definition) is 3. The summed E-state index contributed by atoms with van der Waals surface area (Å²) in [4.78, 5) is 28.8. The second kappa shape index (κ2) is 6.00. The molecular formula is C17H14FN3O2. The zero-order valence-electron chi connectivity index (χ0n) is 12.4. The number of carbonyl (C=O) groups is 1. The number of fused-ring (bicyclic) bond motifs is 1. The number of aromatic nitrogens is 2. The summed E-state index contributed by atoms with van der Waals surface area (Å²) in [5.41, 5.74) is 1.66.